The van der Waals surface area contributed by atoms with Crippen molar-refractivity contribution in [3.63, 3.8) is 0 Å². The molecule has 0 saturated carbocycles. The largest absolute Gasteiger partial charge is 0.480 e. The van der Waals surface area contributed by atoms with E-state index in [9.17, 15) is 18.3 Å². The van der Waals surface area contributed by atoms with E-state index >= 15 is 0 Å². The summed E-state index contributed by atoms with van der Waals surface area (Å²) in [5, 5.41) is 9.25. The molecule has 3 rings (SSSR count). The molecule has 1 aliphatic rings. The Hall–Kier alpha value is -1.83. The number of sulfonamides is 1. The van der Waals surface area contributed by atoms with Gasteiger partial charge in [-0.1, -0.05) is 30.3 Å². The topological polar surface area (TPSA) is 83.5 Å². The van der Waals surface area contributed by atoms with E-state index in [4.69, 9.17) is 0 Å². The van der Waals surface area contributed by atoms with Crippen LogP contribution in [0.3, 0.4) is 0 Å². The maximum atomic E-state index is 12.6. The van der Waals surface area contributed by atoms with Crippen molar-refractivity contribution >= 4 is 27.8 Å². The van der Waals surface area contributed by atoms with Gasteiger partial charge in [-0.05, 0) is 59.2 Å². The van der Waals surface area contributed by atoms with Crippen molar-refractivity contribution in [2.24, 2.45) is 0 Å². The number of benzene rings is 2. The Balaban J connectivity index is 1.87. The summed E-state index contributed by atoms with van der Waals surface area (Å²) < 4.78 is 27.5. The van der Waals surface area contributed by atoms with E-state index in [1.54, 1.807) is 12.1 Å². The van der Waals surface area contributed by atoms with Crippen LogP contribution in [0.5, 0.6) is 0 Å². The lowest BCUT2D eigenvalue weighted by Crippen LogP contribution is -2.41. The zero-order chi connectivity index (χ0) is 18.0. The number of aliphatic carboxylic acids is 1. The van der Waals surface area contributed by atoms with Crippen LogP contribution in [0.1, 0.15) is 17.5 Å². The molecule has 0 unspecified atom stereocenters. The molecule has 0 aromatic heterocycles. The highest BCUT2D eigenvalue weighted by Crippen LogP contribution is 2.37. The first-order valence-electron chi connectivity index (χ1n) is 7.87. The van der Waals surface area contributed by atoms with E-state index in [0.717, 1.165) is 16.7 Å². The molecule has 1 atom stereocenters. The maximum absolute atomic E-state index is 12.6. The molecule has 0 bridgehead atoms. The third-order valence-corrected chi connectivity index (χ3v) is 6.39. The number of hydrogen-bond acceptors (Lipinski definition) is 4. The van der Waals surface area contributed by atoms with E-state index in [1.165, 1.54) is 23.4 Å². The molecule has 132 valence electrons. The smallest absolute Gasteiger partial charge is 0.321 e. The molecular weight excluding hydrogens is 358 g/mol. The average molecular weight is 377 g/mol. The summed E-state index contributed by atoms with van der Waals surface area (Å²) in [7, 11) is -3.88. The van der Waals surface area contributed by atoms with Crippen molar-refractivity contribution in [1.82, 2.24) is 4.72 Å². The summed E-state index contributed by atoms with van der Waals surface area (Å²) >= 11 is 1.48. The predicted octanol–water partition coefficient (Wildman–Crippen LogP) is 2.74. The monoisotopic (exact) mass is 377 g/mol. The van der Waals surface area contributed by atoms with Crippen molar-refractivity contribution < 1.29 is 18.3 Å². The fourth-order valence-electron chi connectivity index (χ4n) is 3.01. The second kappa shape index (κ2) is 7.19. The van der Waals surface area contributed by atoms with Gasteiger partial charge in [0.1, 0.15) is 6.04 Å². The van der Waals surface area contributed by atoms with E-state index in [1.807, 2.05) is 30.5 Å². The van der Waals surface area contributed by atoms with Crippen LogP contribution in [0.4, 0.5) is 0 Å². The summed E-state index contributed by atoms with van der Waals surface area (Å²) in [4.78, 5) is 11.4. The van der Waals surface area contributed by atoms with Crippen LogP contribution in [0.2, 0.25) is 0 Å². The molecule has 1 aliphatic carbocycles. The second-order valence-electron chi connectivity index (χ2n) is 5.95. The van der Waals surface area contributed by atoms with Gasteiger partial charge in [-0.3, -0.25) is 4.79 Å². The molecule has 25 heavy (non-hydrogen) atoms. The molecule has 0 fully saturated rings. The molecular formula is C18H19NO4S2. The van der Waals surface area contributed by atoms with Gasteiger partial charge in [-0.15, -0.1) is 0 Å². The first-order chi connectivity index (χ1) is 11.9. The van der Waals surface area contributed by atoms with Crippen LogP contribution in [0.25, 0.3) is 11.1 Å². The average Bonchev–Trinajstić information content (AvgIpc) is 2.96. The normalized spacial score (nSPS) is 14.0. The third-order valence-electron chi connectivity index (χ3n) is 4.28. The van der Waals surface area contributed by atoms with Crippen LogP contribution in [0, 0.1) is 0 Å². The Morgan fingerprint density at radius 3 is 2.64 bits per heavy atom. The molecule has 0 spiro atoms. The fourth-order valence-corrected chi connectivity index (χ4v) is 4.76. The van der Waals surface area contributed by atoms with Crippen molar-refractivity contribution in [1.29, 1.82) is 0 Å². The van der Waals surface area contributed by atoms with E-state index in [-0.39, 0.29) is 11.3 Å². The quantitative estimate of drug-likeness (QED) is 0.661. The second-order valence-corrected chi connectivity index (χ2v) is 8.65. The van der Waals surface area contributed by atoms with Gasteiger partial charge < -0.3 is 5.11 Å². The Morgan fingerprint density at radius 1 is 1.20 bits per heavy atom. The Morgan fingerprint density at radius 2 is 1.92 bits per heavy atom. The maximum Gasteiger partial charge on any atom is 0.321 e. The Bertz CT molecular complexity index is 909. The predicted molar refractivity (Wildman–Crippen MR) is 99.4 cm³/mol. The molecule has 2 aromatic carbocycles. The molecule has 7 heteroatoms. The number of thioether (sulfide) groups is 1. The summed E-state index contributed by atoms with van der Waals surface area (Å²) in [6, 6.07) is 11.8. The summed E-state index contributed by atoms with van der Waals surface area (Å²) in [5.41, 5.74) is 4.27. The van der Waals surface area contributed by atoms with Gasteiger partial charge in [-0.2, -0.15) is 16.5 Å². The van der Waals surface area contributed by atoms with Gasteiger partial charge in [-0.25, -0.2) is 8.42 Å². The van der Waals surface area contributed by atoms with Crippen molar-refractivity contribution in [3.05, 3.63) is 53.6 Å². The molecule has 0 heterocycles. The van der Waals surface area contributed by atoms with Crippen LogP contribution >= 0.6 is 11.8 Å². The molecule has 0 amide bonds. The molecule has 2 aromatic rings. The van der Waals surface area contributed by atoms with E-state index in [0.29, 0.717) is 12.2 Å². The Kier molecular flexibility index (Phi) is 5.17. The number of fused-ring (bicyclic) bond motifs is 3. The molecule has 0 saturated heterocycles. The number of carboxylic acids is 1. The van der Waals surface area contributed by atoms with Gasteiger partial charge >= 0.3 is 5.97 Å². The lowest BCUT2D eigenvalue weighted by atomic mass is 10.1. The highest BCUT2D eigenvalue weighted by Gasteiger charge is 2.27. The number of hydrogen-bond donors (Lipinski definition) is 2. The Labute approximate surface area is 151 Å². The fraction of sp³-hybridized carbons (Fsp3) is 0.278. The van der Waals surface area contributed by atoms with Crippen LogP contribution in [-0.2, 0) is 21.2 Å². The summed E-state index contributed by atoms with van der Waals surface area (Å²) in [5.74, 6) is -0.592. The van der Waals surface area contributed by atoms with Crippen LogP contribution in [0.15, 0.2) is 47.4 Å². The van der Waals surface area contributed by atoms with E-state index < -0.39 is 22.0 Å². The minimum Gasteiger partial charge on any atom is -0.480 e. The van der Waals surface area contributed by atoms with Crippen LogP contribution < -0.4 is 4.72 Å². The van der Waals surface area contributed by atoms with Gasteiger partial charge in [0.15, 0.2) is 0 Å². The van der Waals surface area contributed by atoms with Crippen molar-refractivity contribution in [3.8, 4) is 11.1 Å². The van der Waals surface area contributed by atoms with Gasteiger partial charge in [0.05, 0.1) is 4.90 Å². The number of nitrogens with one attached hydrogen (secondary N) is 1. The van der Waals surface area contributed by atoms with E-state index in [2.05, 4.69) is 4.72 Å². The minimum absolute atomic E-state index is 0.106. The molecule has 0 aliphatic heterocycles. The first-order valence-corrected chi connectivity index (χ1v) is 10.8. The van der Waals surface area contributed by atoms with Gasteiger partial charge in [0, 0.05) is 0 Å². The minimum atomic E-state index is -3.88. The van der Waals surface area contributed by atoms with Crippen molar-refractivity contribution in [2.45, 2.75) is 23.8 Å². The lowest BCUT2D eigenvalue weighted by molar-refractivity contribution is -0.139. The zero-order valence-corrected chi connectivity index (χ0v) is 15.4. The first kappa shape index (κ1) is 18.0. The summed E-state index contributed by atoms with van der Waals surface area (Å²) in [6.45, 7) is 0. The molecule has 2 N–H and O–H groups in total. The number of carbonyl (C=O) groups is 1. The number of carboxylic acid groups (broad SMARTS) is 1. The standard InChI is InChI=1S/C18H19NO4S2/c1-24-9-8-17(18(20)21)19-25(22,23)14-6-7-16-13(11-14)10-12-4-2-3-5-15(12)16/h2-7,11,17,19H,8-10H2,1H3,(H,20,21)/t17-/m0/s1. The summed E-state index contributed by atoms with van der Waals surface area (Å²) in [6.07, 6.45) is 2.78. The third kappa shape index (κ3) is 3.73. The van der Waals surface area contributed by atoms with Crippen LogP contribution in [-0.4, -0.2) is 37.5 Å². The lowest BCUT2D eigenvalue weighted by Gasteiger charge is -2.15. The van der Waals surface area contributed by atoms with Gasteiger partial charge in [0.2, 0.25) is 10.0 Å². The molecule has 5 nitrogen and oxygen atoms in total. The molecule has 0 radical (unpaired) electrons. The highest BCUT2D eigenvalue weighted by atomic mass is 32.2. The number of rotatable bonds is 7. The SMILES string of the molecule is CSCC[C@H](NS(=O)(=O)c1ccc2c(c1)Cc1ccccc1-2)C(=O)O. The van der Waals surface area contributed by atoms with Crippen molar-refractivity contribution in [2.75, 3.05) is 12.0 Å². The highest BCUT2D eigenvalue weighted by molar-refractivity contribution is 7.98. The van der Waals surface area contributed by atoms with Gasteiger partial charge in [0.25, 0.3) is 0 Å². The zero-order valence-electron chi connectivity index (χ0n) is 13.7.